The van der Waals surface area contributed by atoms with Crippen LogP contribution in [0.4, 0.5) is 4.79 Å². The van der Waals surface area contributed by atoms with Gasteiger partial charge in [-0.05, 0) is 24.3 Å². The number of carbonyl (C=O) groups is 1. The Morgan fingerprint density at radius 1 is 1.28 bits per heavy atom. The average Bonchev–Trinajstić information content (AvgIpc) is 2.78. The summed E-state index contributed by atoms with van der Waals surface area (Å²) in [7, 11) is 0. The zero-order chi connectivity index (χ0) is 12.8. The van der Waals surface area contributed by atoms with Crippen molar-refractivity contribution in [3.8, 4) is 0 Å². The van der Waals surface area contributed by atoms with E-state index in [0.29, 0.717) is 5.76 Å². The first kappa shape index (κ1) is 12.3. The van der Waals surface area contributed by atoms with Crippen LogP contribution in [0, 0.1) is 0 Å². The molecule has 0 aliphatic rings. The normalized spacial score (nSPS) is 10.7. The van der Waals surface area contributed by atoms with E-state index in [1.807, 2.05) is 36.4 Å². The molecule has 1 aromatic carbocycles. The Morgan fingerprint density at radius 3 is 2.78 bits per heavy atom. The topological polar surface area (TPSA) is 80.6 Å². The highest BCUT2D eigenvalue weighted by atomic mass is 32.2. The van der Waals surface area contributed by atoms with Crippen LogP contribution in [-0.2, 0) is 0 Å². The van der Waals surface area contributed by atoms with Crippen LogP contribution in [0.2, 0.25) is 0 Å². The van der Waals surface area contributed by atoms with Gasteiger partial charge in [0.05, 0.1) is 6.21 Å². The minimum Gasteiger partial charge on any atom is -0.448 e. The summed E-state index contributed by atoms with van der Waals surface area (Å²) in [6.45, 7) is 0. The Hall–Kier alpha value is -2.21. The number of nitrogens with one attached hydrogen (secondary N) is 1. The lowest BCUT2D eigenvalue weighted by atomic mass is 10.4. The molecule has 0 radical (unpaired) electrons. The van der Waals surface area contributed by atoms with Crippen LogP contribution in [0.3, 0.4) is 0 Å². The lowest BCUT2D eigenvalue weighted by molar-refractivity contribution is 0.249. The number of rotatable bonds is 4. The summed E-state index contributed by atoms with van der Waals surface area (Å²) in [5.74, 6) is 0.544. The third kappa shape index (κ3) is 3.67. The number of primary amides is 1. The molecule has 0 atom stereocenters. The largest absolute Gasteiger partial charge is 0.448 e. The van der Waals surface area contributed by atoms with Gasteiger partial charge in [-0.25, -0.2) is 10.2 Å². The third-order valence-electron chi connectivity index (χ3n) is 1.93. The smallest absolute Gasteiger partial charge is 0.332 e. The molecule has 3 N–H and O–H groups in total. The minimum atomic E-state index is -0.711. The number of nitrogens with zero attached hydrogens (tertiary/aromatic N) is 1. The van der Waals surface area contributed by atoms with Crippen molar-refractivity contribution in [2.75, 3.05) is 0 Å². The van der Waals surface area contributed by atoms with Crippen molar-refractivity contribution < 1.29 is 9.21 Å². The summed E-state index contributed by atoms with van der Waals surface area (Å²) in [5, 5.41) is 4.36. The molecular weight excluding hydrogens is 250 g/mol. The second kappa shape index (κ2) is 5.92. The fourth-order valence-corrected chi connectivity index (χ4v) is 2.02. The highest BCUT2D eigenvalue weighted by Crippen LogP contribution is 2.28. The van der Waals surface area contributed by atoms with Gasteiger partial charge in [0, 0.05) is 4.90 Å². The standard InChI is InChI=1S/C12H11N3O2S/c13-12(16)15-14-8-9-6-7-11(17-9)18-10-4-2-1-3-5-10/h1-8H,(H3,13,15,16)/b14-8+. The molecule has 0 spiro atoms. The van der Waals surface area contributed by atoms with E-state index in [4.69, 9.17) is 10.2 Å². The molecule has 2 rings (SSSR count). The summed E-state index contributed by atoms with van der Waals surface area (Å²) in [4.78, 5) is 11.5. The van der Waals surface area contributed by atoms with Crippen molar-refractivity contribution in [3.05, 3.63) is 48.2 Å². The molecular formula is C12H11N3O2S. The Kier molecular flexibility index (Phi) is 4.03. The van der Waals surface area contributed by atoms with E-state index in [0.717, 1.165) is 9.99 Å². The zero-order valence-electron chi connectivity index (χ0n) is 9.37. The predicted octanol–water partition coefficient (Wildman–Crippen LogP) is 2.43. The van der Waals surface area contributed by atoms with Crippen LogP contribution in [0.1, 0.15) is 5.76 Å². The Bertz CT molecular complexity index is 551. The molecule has 2 aromatic rings. The molecule has 0 unspecified atom stereocenters. The van der Waals surface area contributed by atoms with Crippen molar-refractivity contribution in [1.29, 1.82) is 0 Å². The lowest BCUT2D eigenvalue weighted by Crippen LogP contribution is -2.24. The van der Waals surface area contributed by atoms with E-state index in [1.165, 1.54) is 18.0 Å². The average molecular weight is 261 g/mol. The summed E-state index contributed by atoms with van der Waals surface area (Å²) in [6, 6.07) is 12.8. The van der Waals surface area contributed by atoms with Crippen LogP contribution >= 0.6 is 11.8 Å². The van der Waals surface area contributed by atoms with Gasteiger partial charge in [0.15, 0.2) is 5.09 Å². The van der Waals surface area contributed by atoms with Gasteiger partial charge in [0.2, 0.25) is 0 Å². The van der Waals surface area contributed by atoms with E-state index >= 15 is 0 Å². The Morgan fingerprint density at radius 2 is 2.06 bits per heavy atom. The van der Waals surface area contributed by atoms with Crippen LogP contribution in [-0.4, -0.2) is 12.2 Å². The number of amides is 2. The number of furan rings is 1. The maximum Gasteiger partial charge on any atom is 0.332 e. The number of benzene rings is 1. The fourth-order valence-electron chi connectivity index (χ4n) is 1.22. The molecule has 0 fully saturated rings. The summed E-state index contributed by atoms with van der Waals surface area (Å²) in [6.07, 6.45) is 1.39. The summed E-state index contributed by atoms with van der Waals surface area (Å²) >= 11 is 1.51. The monoisotopic (exact) mass is 261 g/mol. The predicted molar refractivity (Wildman–Crippen MR) is 69.6 cm³/mol. The quantitative estimate of drug-likeness (QED) is 0.655. The van der Waals surface area contributed by atoms with Gasteiger partial charge in [-0.2, -0.15) is 5.10 Å². The highest BCUT2D eigenvalue weighted by molar-refractivity contribution is 7.99. The lowest BCUT2D eigenvalue weighted by Gasteiger charge is -1.95. The molecule has 0 aliphatic carbocycles. The van der Waals surface area contributed by atoms with E-state index < -0.39 is 6.03 Å². The first-order chi connectivity index (χ1) is 8.74. The molecule has 6 heteroatoms. The minimum absolute atomic E-state index is 0.544. The molecule has 18 heavy (non-hydrogen) atoms. The third-order valence-corrected chi connectivity index (χ3v) is 2.86. The highest BCUT2D eigenvalue weighted by Gasteiger charge is 2.02. The Balaban J connectivity index is 1.98. The number of hydrogen-bond donors (Lipinski definition) is 2. The molecule has 1 heterocycles. The van der Waals surface area contributed by atoms with E-state index in [9.17, 15) is 4.79 Å². The molecule has 0 bridgehead atoms. The molecule has 0 saturated heterocycles. The fraction of sp³-hybridized carbons (Fsp3) is 0. The van der Waals surface area contributed by atoms with Gasteiger partial charge in [0.25, 0.3) is 0 Å². The van der Waals surface area contributed by atoms with E-state index in [-0.39, 0.29) is 0 Å². The number of hydrazone groups is 1. The summed E-state index contributed by atoms with van der Waals surface area (Å²) in [5.41, 5.74) is 6.96. The first-order valence-corrected chi connectivity index (χ1v) is 5.97. The first-order valence-electron chi connectivity index (χ1n) is 5.15. The van der Waals surface area contributed by atoms with Gasteiger partial charge in [-0.15, -0.1) is 0 Å². The van der Waals surface area contributed by atoms with Gasteiger partial charge in [0.1, 0.15) is 5.76 Å². The van der Waals surface area contributed by atoms with Crippen molar-refractivity contribution in [3.63, 3.8) is 0 Å². The molecule has 1 aromatic heterocycles. The van der Waals surface area contributed by atoms with Crippen LogP contribution < -0.4 is 11.2 Å². The van der Waals surface area contributed by atoms with Crippen LogP contribution in [0.15, 0.2) is 62.0 Å². The van der Waals surface area contributed by atoms with Crippen molar-refractivity contribution in [2.45, 2.75) is 9.99 Å². The van der Waals surface area contributed by atoms with Crippen LogP contribution in [0.25, 0.3) is 0 Å². The van der Waals surface area contributed by atoms with Crippen LogP contribution in [0.5, 0.6) is 0 Å². The molecule has 0 saturated carbocycles. The number of nitrogens with two attached hydrogens (primary N) is 1. The molecule has 0 aliphatic heterocycles. The van der Waals surface area contributed by atoms with Gasteiger partial charge >= 0.3 is 6.03 Å². The van der Waals surface area contributed by atoms with Gasteiger partial charge in [-0.3, -0.25) is 0 Å². The zero-order valence-corrected chi connectivity index (χ0v) is 10.2. The van der Waals surface area contributed by atoms with Gasteiger partial charge < -0.3 is 10.2 Å². The number of carbonyl (C=O) groups excluding carboxylic acids is 1. The van der Waals surface area contributed by atoms with E-state index in [1.54, 1.807) is 6.07 Å². The van der Waals surface area contributed by atoms with Crippen molar-refractivity contribution >= 4 is 24.0 Å². The van der Waals surface area contributed by atoms with Gasteiger partial charge in [-0.1, -0.05) is 30.0 Å². The molecule has 2 amide bonds. The van der Waals surface area contributed by atoms with Crippen molar-refractivity contribution in [1.82, 2.24) is 5.43 Å². The maximum absolute atomic E-state index is 10.4. The van der Waals surface area contributed by atoms with Crippen molar-refractivity contribution in [2.24, 2.45) is 10.8 Å². The number of hydrogen-bond acceptors (Lipinski definition) is 4. The Labute approximate surface area is 108 Å². The second-order valence-corrected chi connectivity index (χ2v) is 4.38. The molecule has 5 nitrogen and oxygen atoms in total. The second-order valence-electron chi connectivity index (χ2n) is 3.31. The number of urea groups is 1. The maximum atomic E-state index is 10.4. The van der Waals surface area contributed by atoms with E-state index in [2.05, 4.69) is 10.5 Å². The SMILES string of the molecule is NC(=O)N/N=C/c1ccc(Sc2ccccc2)o1. The summed E-state index contributed by atoms with van der Waals surface area (Å²) < 4.78 is 5.49. The molecule has 92 valence electrons.